The second kappa shape index (κ2) is 11.0. The molecule has 1 saturated carbocycles. The Morgan fingerprint density at radius 3 is 2.58 bits per heavy atom. The maximum atomic E-state index is 14.6. The molecule has 7 nitrogen and oxygen atoms in total. The van der Waals surface area contributed by atoms with Gasteiger partial charge in [-0.25, -0.2) is 13.5 Å². The van der Waals surface area contributed by atoms with Crippen molar-refractivity contribution < 1.29 is 23.4 Å². The van der Waals surface area contributed by atoms with E-state index in [0.29, 0.717) is 44.8 Å². The van der Waals surface area contributed by atoms with Gasteiger partial charge in [0.15, 0.2) is 11.6 Å². The Bertz CT molecular complexity index is 1160. The number of benzene rings is 2. The number of halogens is 2. The number of aromatic nitrogens is 2. The highest BCUT2D eigenvalue weighted by atomic mass is 19.1. The van der Waals surface area contributed by atoms with Crippen LogP contribution in [0.3, 0.4) is 0 Å². The molecule has 1 N–H and O–H groups in total. The standard InChI is InChI=1S/C27H32F2N4O3/c1-19-24(18-32(21-8-9-21)17-23(34)16-31-11-13-35-14-12-31)27(33(30-19)22-5-3-2-4-6-22)36-26-10-7-20(28)15-25(26)29/h2-7,10,15,21,23,34H,8-9,11-14,16-18H2,1H3. The molecule has 0 amide bonds. The van der Waals surface area contributed by atoms with Gasteiger partial charge in [0.2, 0.25) is 5.88 Å². The number of morpholine rings is 1. The van der Waals surface area contributed by atoms with Crippen LogP contribution in [0.25, 0.3) is 5.69 Å². The van der Waals surface area contributed by atoms with Gasteiger partial charge in [0.05, 0.1) is 36.3 Å². The summed E-state index contributed by atoms with van der Waals surface area (Å²) in [6.07, 6.45) is 1.63. The van der Waals surface area contributed by atoms with Crippen LogP contribution in [-0.2, 0) is 11.3 Å². The molecule has 0 bridgehead atoms. The van der Waals surface area contributed by atoms with Crippen molar-refractivity contribution in [3.63, 3.8) is 0 Å². The molecule has 9 heteroatoms. The first-order chi connectivity index (χ1) is 17.5. The summed E-state index contributed by atoms with van der Waals surface area (Å²) >= 11 is 0. The number of hydrogen-bond acceptors (Lipinski definition) is 6. The third-order valence-electron chi connectivity index (χ3n) is 6.68. The van der Waals surface area contributed by atoms with Gasteiger partial charge in [0.25, 0.3) is 0 Å². The van der Waals surface area contributed by atoms with E-state index in [4.69, 9.17) is 14.6 Å². The summed E-state index contributed by atoms with van der Waals surface area (Å²) in [6.45, 7) is 6.55. The fourth-order valence-corrected chi connectivity index (χ4v) is 4.63. The molecule has 1 aromatic heterocycles. The zero-order chi connectivity index (χ0) is 25.1. The maximum Gasteiger partial charge on any atom is 0.227 e. The summed E-state index contributed by atoms with van der Waals surface area (Å²) in [5.41, 5.74) is 2.34. The van der Waals surface area contributed by atoms with Gasteiger partial charge in [0, 0.05) is 44.8 Å². The molecular formula is C27H32F2N4O3. The second-order valence-corrected chi connectivity index (χ2v) is 9.52. The lowest BCUT2D eigenvalue weighted by molar-refractivity contribution is 0.00545. The van der Waals surface area contributed by atoms with Crippen molar-refractivity contribution in [2.24, 2.45) is 0 Å². The Morgan fingerprint density at radius 1 is 1.14 bits per heavy atom. The van der Waals surface area contributed by atoms with Crippen LogP contribution in [0.5, 0.6) is 11.6 Å². The number of aliphatic hydroxyl groups excluding tert-OH is 1. The van der Waals surface area contributed by atoms with E-state index in [0.717, 1.165) is 48.9 Å². The zero-order valence-electron chi connectivity index (χ0n) is 20.4. The normalized spacial score (nSPS) is 17.5. The summed E-state index contributed by atoms with van der Waals surface area (Å²) in [4.78, 5) is 4.49. The summed E-state index contributed by atoms with van der Waals surface area (Å²) in [5.74, 6) is -1.13. The minimum Gasteiger partial charge on any atom is -0.435 e. The Morgan fingerprint density at radius 2 is 1.89 bits per heavy atom. The molecule has 1 atom stereocenters. The fraction of sp³-hybridized carbons (Fsp3) is 0.444. The lowest BCUT2D eigenvalue weighted by atomic mass is 10.2. The van der Waals surface area contributed by atoms with E-state index in [1.807, 2.05) is 37.3 Å². The summed E-state index contributed by atoms with van der Waals surface area (Å²) in [7, 11) is 0. The number of β-amino-alcohol motifs (C(OH)–C–C–N with tert-alkyl or cyclic N) is 1. The van der Waals surface area contributed by atoms with Crippen LogP contribution in [0.4, 0.5) is 8.78 Å². The number of aliphatic hydroxyl groups is 1. The lowest BCUT2D eigenvalue weighted by Crippen LogP contribution is -2.45. The minimum atomic E-state index is -0.778. The molecule has 1 unspecified atom stereocenters. The number of nitrogens with zero attached hydrogens (tertiary/aromatic N) is 4. The molecule has 1 aliphatic heterocycles. The summed E-state index contributed by atoms with van der Waals surface area (Å²) in [5, 5.41) is 15.6. The van der Waals surface area contributed by atoms with Crippen molar-refractivity contribution in [3.8, 4) is 17.3 Å². The monoisotopic (exact) mass is 498 g/mol. The van der Waals surface area contributed by atoms with Gasteiger partial charge in [-0.1, -0.05) is 18.2 Å². The number of para-hydroxylation sites is 1. The predicted octanol–water partition coefficient (Wildman–Crippen LogP) is 3.91. The Kier molecular flexibility index (Phi) is 7.62. The van der Waals surface area contributed by atoms with Crippen LogP contribution < -0.4 is 4.74 Å². The number of aryl methyl sites for hydroxylation is 1. The molecule has 1 saturated heterocycles. The Labute approximate surface area is 209 Å². The topological polar surface area (TPSA) is 63.0 Å². The molecule has 2 aromatic carbocycles. The quantitative estimate of drug-likeness (QED) is 0.458. The molecule has 5 rings (SSSR count). The molecule has 3 aromatic rings. The first-order valence-corrected chi connectivity index (χ1v) is 12.5. The highest BCUT2D eigenvalue weighted by Gasteiger charge is 2.33. The number of hydrogen-bond donors (Lipinski definition) is 1. The van der Waals surface area contributed by atoms with Gasteiger partial charge in [0.1, 0.15) is 5.82 Å². The fourth-order valence-electron chi connectivity index (χ4n) is 4.63. The van der Waals surface area contributed by atoms with Crippen LogP contribution in [0.15, 0.2) is 48.5 Å². The van der Waals surface area contributed by atoms with Crippen LogP contribution in [0, 0.1) is 18.6 Å². The summed E-state index contributed by atoms with van der Waals surface area (Å²) < 4.78 is 41.2. The highest BCUT2D eigenvalue weighted by molar-refractivity contribution is 5.43. The summed E-state index contributed by atoms with van der Waals surface area (Å²) in [6, 6.07) is 13.1. The average Bonchev–Trinajstić information content (AvgIpc) is 3.67. The van der Waals surface area contributed by atoms with Crippen LogP contribution >= 0.6 is 0 Å². The van der Waals surface area contributed by atoms with E-state index in [1.54, 1.807) is 4.68 Å². The highest BCUT2D eigenvalue weighted by Crippen LogP contribution is 2.36. The van der Waals surface area contributed by atoms with E-state index in [9.17, 15) is 13.9 Å². The van der Waals surface area contributed by atoms with Crippen molar-refractivity contribution in [2.75, 3.05) is 39.4 Å². The van der Waals surface area contributed by atoms with Crippen molar-refractivity contribution in [2.45, 2.75) is 38.5 Å². The molecule has 1 aliphatic carbocycles. The van der Waals surface area contributed by atoms with E-state index in [2.05, 4.69) is 9.80 Å². The second-order valence-electron chi connectivity index (χ2n) is 9.52. The SMILES string of the molecule is Cc1nn(-c2ccccc2)c(Oc2ccc(F)cc2F)c1CN(CC(O)CN1CCOCC1)C1CC1. The smallest absolute Gasteiger partial charge is 0.227 e. The van der Waals surface area contributed by atoms with Gasteiger partial charge >= 0.3 is 0 Å². The molecule has 2 aliphatic rings. The lowest BCUT2D eigenvalue weighted by Gasteiger charge is -2.31. The van der Waals surface area contributed by atoms with E-state index >= 15 is 0 Å². The van der Waals surface area contributed by atoms with Gasteiger partial charge in [-0.2, -0.15) is 5.10 Å². The first kappa shape index (κ1) is 24.8. The van der Waals surface area contributed by atoms with Crippen molar-refractivity contribution in [1.29, 1.82) is 0 Å². The molecule has 192 valence electrons. The Balaban J connectivity index is 1.42. The van der Waals surface area contributed by atoms with E-state index < -0.39 is 17.7 Å². The van der Waals surface area contributed by atoms with Crippen molar-refractivity contribution in [3.05, 3.63) is 71.4 Å². The van der Waals surface area contributed by atoms with Gasteiger partial charge in [-0.3, -0.25) is 9.80 Å². The maximum absolute atomic E-state index is 14.6. The first-order valence-electron chi connectivity index (χ1n) is 12.5. The van der Waals surface area contributed by atoms with Crippen molar-refractivity contribution >= 4 is 0 Å². The number of rotatable bonds is 10. The largest absolute Gasteiger partial charge is 0.435 e. The molecule has 36 heavy (non-hydrogen) atoms. The third kappa shape index (κ3) is 5.92. The van der Waals surface area contributed by atoms with Gasteiger partial charge < -0.3 is 14.6 Å². The third-order valence-corrected chi connectivity index (χ3v) is 6.68. The zero-order valence-corrected chi connectivity index (χ0v) is 20.4. The number of ether oxygens (including phenoxy) is 2. The predicted molar refractivity (Wildman–Crippen MR) is 131 cm³/mol. The van der Waals surface area contributed by atoms with Crippen LogP contribution in [0.1, 0.15) is 24.1 Å². The van der Waals surface area contributed by atoms with Crippen LogP contribution in [0.2, 0.25) is 0 Å². The molecule has 0 spiro atoms. The van der Waals surface area contributed by atoms with Gasteiger partial charge in [-0.15, -0.1) is 0 Å². The molecule has 2 heterocycles. The van der Waals surface area contributed by atoms with Crippen molar-refractivity contribution in [1.82, 2.24) is 19.6 Å². The van der Waals surface area contributed by atoms with E-state index in [1.165, 1.54) is 12.1 Å². The van der Waals surface area contributed by atoms with Gasteiger partial charge in [-0.05, 0) is 44.0 Å². The average molecular weight is 499 g/mol. The Hall–Kier alpha value is -2.85. The van der Waals surface area contributed by atoms with Crippen LogP contribution in [-0.4, -0.2) is 76.2 Å². The molecule has 0 radical (unpaired) electrons. The van der Waals surface area contributed by atoms with E-state index in [-0.39, 0.29) is 5.75 Å². The minimum absolute atomic E-state index is 0.0694. The molecule has 2 fully saturated rings. The molecular weight excluding hydrogens is 466 g/mol.